The summed E-state index contributed by atoms with van der Waals surface area (Å²) in [5.74, 6) is 0.754. The van der Waals surface area contributed by atoms with Gasteiger partial charge in [-0.1, -0.05) is 42.5 Å². The Morgan fingerprint density at radius 2 is 1.93 bits per heavy atom. The third kappa shape index (κ3) is 6.41. The lowest BCUT2D eigenvalue weighted by Crippen LogP contribution is -2.45. The summed E-state index contributed by atoms with van der Waals surface area (Å²) in [6.45, 7) is 4.60. The number of ether oxygens (including phenoxy) is 1. The molecule has 0 unspecified atom stereocenters. The summed E-state index contributed by atoms with van der Waals surface area (Å²) >= 11 is 0. The SMILES string of the molecule is COCCNC(=O)CN1CCC([C@@H]2CC=CCN(Cc3ccccc3)C2=O)CC1. The molecule has 6 nitrogen and oxygen atoms in total. The smallest absolute Gasteiger partial charge is 0.234 e. The Labute approximate surface area is 173 Å². The predicted molar refractivity (Wildman–Crippen MR) is 113 cm³/mol. The Hall–Kier alpha value is -2.18. The van der Waals surface area contributed by atoms with Crippen LogP contribution in [0.15, 0.2) is 42.5 Å². The van der Waals surface area contributed by atoms with Crippen LogP contribution in [0, 0.1) is 11.8 Å². The molecular formula is C23H33N3O3. The molecular weight excluding hydrogens is 366 g/mol. The largest absolute Gasteiger partial charge is 0.383 e. The zero-order valence-corrected chi connectivity index (χ0v) is 17.4. The number of likely N-dealkylation sites (tertiary alicyclic amines) is 1. The second-order valence-corrected chi connectivity index (χ2v) is 7.97. The minimum Gasteiger partial charge on any atom is -0.383 e. The molecule has 1 N–H and O–H groups in total. The van der Waals surface area contributed by atoms with E-state index in [9.17, 15) is 9.59 Å². The highest BCUT2D eigenvalue weighted by molar-refractivity contribution is 5.80. The number of methoxy groups -OCH3 is 1. The normalized spacial score (nSPS) is 21.2. The summed E-state index contributed by atoms with van der Waals surface area (Å²) in [5, 5.41) is 2.87. The van der Waals surface area contributed by atoms with Gasteiger partial charge in [0.2, 0.25) is 11.8 Å². The number of hydrogen-bond donors (Lipinski definition) is 1. The molecule has 3 rings (SSSR count). The molecule has 2 heterocycles. The standard InChI is InChI=1S/C23H33N3O3/c1-29-16-12-24-22(27)18-25-14-10-20(11-15-25)21-9-5-6-13-26(23(21)28)17-19-7-3-2-4-8-19/h2-8,20-21H,9-18H2,1H3,(H,24,27)/t21-/m0/s1. The highest BCUT2D eigenvalue weighted by Gasteiger charge is 2.34. The monoisotopic (exact) mass is 399 g/mol. The number of allylic oxidation sites excluding steroid dienone is 1. The number of carbonyl (C=O) groups is 2. The van der Waals surface area contributed by atoms with Gasteiger partial charge in [0, 0.05) is 32.7 Å². The van der Waals surface area contributed by atoms with Gasteiger partial charge in [-0.2, -0.15) is 0 Å². The Morgan fingerprint density at radius 1 is 1.17 bits per heavy atom. The zero-order valence-electron chi connectivity index (χ0n) is 17.4. The summed E-state index contributed by atoms with van der Waals surface area (Å²) in [5.41, 5.74) is 1.17. The van der Waals surface area contributed by atoms with Crippen molar-refractivity contribution < 1.29 is 14.3 Å². The minimum atomic E-state index is 0.0445. The molecule has 29 heavy (non-hydrogen) atoms. The van der Waals surface area contributed by atoms with E-state index in [1.54, 1.807) is 7.11 Å². The number of amides is 2. The molecule has 2 aliphatic heterocycles. The highest BCUT2D eigenvalue weighted by atomic mass is 16.5. The van der Waals surface area contributed by atoms with Crippen molar-refractivity contribution >= 4 is 11.8 Å². The van der Waals surface area contributed by atoms with Crippen molar-refractivity contribution in [2.45, 2.75) is 25.8 Å². The van der Waals surface area contributed by atoms with Crippen LogP contribution in [-0.4, -0.2) is 68.1 Å². The van der Waals surface area contributed by atoms with Gasteiger partial charge in [0.25, 0.3) is 0 Å². The van der Waals surface area contributed by atoms with Crippen molar-refractivity contribution in [3.8, 4) is 0 Å². The number of rotatable bonds is 8. The maximum absolute atomic E-state index is 13.3. The molecule has 1 aromatic rings. The molecule has 0 aliphatic carbocycles. The van der Waals surface area contributed by atoms with E-state index < -0.39 is 0 Å². The van der Waals surface area contributed by atoms with Crippen LogP contribution in [0.2, 0.25) is 0 Å². The van der Waals surface area contributed by atoms with Crippen molar-refractivity contribution in [3.05, 3.63) is 48.0 Å². The number of benzene rings is 1. The van der Waals surface area contributed by atoms with Gasteiger partial charge < -0.3 is 15.0 Å². The van der Waals surface area contributed by atoms with Crippen LogP contribution in [0.5, 0.6) is 0 Å². The number of carbonyl (C=O) groups excluding carboxylic acids is 2. The lowest BCUT2D eigenvalue weighted by molar-refractivity contribution is -0.138. The lowest BCUT2D eigenvalue weighted by atomic mass is 9.81. The molecule has 1 aromatic carbocycles. The maximum Gasteiger partial charge on any atom is 0.234 e. The fourth-order valence-corrected chi connectivity index (χ4v) is 4.28. The van der Waals surface area contributed by atoms with E-state index in [-0.39, 0.29) is 17.7 Å². The summed E-state index contributed by atoms with van der Waals surface area (Å²) in [4.78, 5) is 29.4. The summed E-state index contributed by atoms with van der Waals surface area (Å²) < 4.78 is 4.96. The summed E-state index contributed by atoms with van der Waals surface area (Å²) in [7, 11) is 1.63. The molecule has 0 aromatic heterocycles. The summed E-state index contributed by atoms with van der Waals surface area (Å²) in [6.07, 6.45) is 7.05. The topological polar surface area (TPSA) is 61.9 Å². The molecule has 1 atom stereocenters. The maximum atomic E-state index is 13.3. The van der Waals surface area contributed by atoms with Crippen LogP contribution < -0.4 is 5.32 Å². The average Bonchev–Trinajstić information content (AvgIpc) is 2.91. The number of piperidine rings is 1. The van der Waals surface area contributed by atoms with Crippen LogP contribution in [0.4, 0.5) is 0 Å². The van der Waals surface area contributed by atoms with E-state index in [1.807, 2.05) is 23.1 Å². The van der Waals surface area contributed by atoms with Gasteiger partial charge in [-0.05, 0) is 43.8 Å². The second kappa shape index (κ2) is 11.1. The van der Waals surface area contributed by atoms with E-state index in [4.69, 9.17) is 4.74 Å². The van der Waals surface area contributed by atoms with Crippen molar-refractivity contribution in [1.82, 2.24) is 15.1 Å². The van der Waals surface area contributed by atoms with Gasteiger partial charge in [0.1, 0.15) is 0 Å². The first-order valence-corrected chi connectivity index (χ1v) is 10.6. The first kappa shape index (κ1) is 21.5. The fraction of sp³-hybridized carbons (Fsp3) is 0.565. The van der Waals surface area contributed by atoms with Gasteiger partial charge in [-0.3, -0.25) is 14.5 Å². The van der Waals surface area contributed by atoms with Crippen molar-refractivity contribution in [2.75, 3.05) is 46.4 Å². The van der Waals surface area contributed by atoms with Gasteiger partial charge >= 0.3 is 0 Å². The van der Waals surface area contributed by atoms with E-state index in [1.165, 1.54) is 5.56 Å². The van der Waals surface area contributed by atoms with E-state index in [0.29, 0.717) is 38.7 Å². The van der Waals surface area contributed by atoms with Crippen LogP contribution >= 0.6 is 0 Å². The molecule has 0 saturated carbocycles. The molecule has 158 valence electrons. The minimum absolute atomic E-state index is 0.0445. The van der Waals surface area contributed by atoms with Crippen LogP contribution in [0.1, 0.15) is 24.8 Å². The third-order valence-corrected chi connectivity index (χ3v) is 5.92. The number of nitrogens with zero attached hydrogens (tertiary/aromatic N) is 2. The molecule has 2 amide bonds. The lowest BCUT2D eigenvalue weighted by Gasteiger charge is -2.36. The highest BCUT2D eigenvalue weighted by Crippen LogP contribution is 2.31. The third-order valence-electron chi connectivity index (χ3n) is 5.92. The number of nitrogens with one attached hydrogen (secondary N) is 1. The van der Waals surface area contributed by atoms with E-state index >= 15 is 0 Å². The van der Waals surface area contributed by atoms with Crippen molar-refractivity contribution in [3.63, 3.8) is 0 Å². The first-order chi connectivity index (χ1) is 14.2. The summed E-state index contributed by atoms with van der Waals surface area (Å²) in [6, 6.07) is 10.2. The van der Waals surface area contributed by atoms with Gasteiger partial charge in [-0.15, -0.1) is 0 Å². The molecule has 0 bridgehead atoms. The van der Waals surface area contributed by atoms with Crippen molar-refractivity contribution in [1.29, 1.82) is 0 Å². The Morgan fingerprint density at radius 3 is 2.66 bits per heavy atom. The van der Waals surface area contributed by atoms with E-state index in [2.05, 4.69) is 34.5 Å². The van der Waals surface area contributed by atoms with E-state index in [0.717, 1.165) is 32.4 Å². The predicted octanol–water partition coefficient (Wildman–Crippen LogP) is 2.07. The molecule has 0 radical (unpaired) electrons. The average molecular weight is 400 g/mol. The first-order valence-electron chi connectivity index (χ1n) is 10.6. The molecule has 2 aliphatic rings. The fourth-order valence-electron chi connectivity index (χ4n) is 4.28. The van der Waals surface area contributed by atoms with Crippen LogP contribution in [-0.2, 0) is 20.9 Å². The number of hydrogen-bond acceptors (Lipinski definition) is 4. The van der Waals surface area contributed by atoms with Crippen molar-refractivity contribution in [2.24, 2.45) is 11.8 Å². The molecule has 6 heteroatoms. The second-order valence-electron chi connectivity index (χ2n) is 7.97. The van der Waals surface area contributed by atoms with Gasteiger partial charge in [-0.25, -0.2) is 0 Å². The molecule has 1 saturated heterocycles. The Balaban J connectivity index is 1.50. The van der Waals surface area contributed by atoms with Gasteiger partial charge in [0.05, 0.1) is 13.2 Å². The zero-order chi connectivity index (χ0) is 20.5. The van der Waals surface area contributed by atoms with Gasteiger partial charge in [0.15, 0.2) is 0 Å². The van der Waals surface area contributed by atoms with Crippen LogP contribution in [0.3, 0.4) is 0 Å². The van der Waals surface area contributed by atoms with Crippen LogP contribution in [0.25, 0.3) is 0 Å². The quantitative estimate of drug-likeness (QED) is 0.537. The Bertz CT molecular complexity index is 684. The molecule has 0 spiro atoms. The Kier molecular flexibility index (Phi) is 8.25. The molecule has 1 fully saturated rings.